The van der Waals surface area contributed by atoms with Gasteiger partial charge in [-0.1, -0.05) is 47.1 Å². The summed E-state index contributed by atoms with van der Waals surface area (Å²) in [5, 5.41) is 6.87. The van der Waals surface area contributed by atoms with Gasteiger partial charge in [0.05, 0.1) is 7.11 Å². The molecule has 3 aromatic rings. The molecule has 0 unspecified atom stereocenters. The van der Waals surface area contributed by atoms with Crippen LogP contribution in [0.3, 0.4) is 0 Å². The Morgan fingerprint density at radius 2 is 2.04 bits per heavy atom. The smallest absolute Gasteiger partial charge is 0.227 e. The number of aromatic nitrogens is 2. The molecule has 1 amide bonds. The number of carbonyl (C=O) groups is 1. The minimum Gasteiger partial charge on any atom is -0.496 e. The number of aryl methyl sites for hydroxylation is 2. The summed E-state index contributed by atoms with van der Waals surface area (Å²) in [6, 6.07) is 15.5. The highest BCUT2D eigenvalue weighted by Gasteiger charge is 2.11. The van der Waals surface area contributed by atoms with E-state index in [2.05, 4.69) is 15.5 Å². The molecular weight excluding hydrogens is 330 g/mol. The van der Waals surface area contributed by atoms with Crippen LogP contribution < -0.4 is 10.1 Å². The van der Waals surface area contributed by atoms with Crippen molar-refractivity contribution in [2.45, 2.75) is 26.3 Å². The van der Waals surface area contributed by atoms with Crippen molar-refractivity contribution >= 4 is 5.91 Å². The normalized spacial score (nSPS) is 10.5. The van der Waals surface area contributed by atoms with E-state index >= 15 is 0 Å². The molecule has 1 heterocycles. The Morgan fingerprint density at radius 3 is 2.85 bits per heavy atom. The zero-order valence-corrected chi connectivity index (χ0v) is 14.9. The summed E-state index contributed by atoms with van der Waals surface area (Å²) in [7, 11) is 1.61. The fourth-order valence-corrected chi connectivity index (χ4v) is 2.61. The zero-order chi connectivity index (χ0) is 18.4. The van der Waals surface area contributed by atoms with Gasteiger partial charge in [0.2, 0.25) is 17.6 Å². The van der Waals surface area contributed by atoms with Crippen LogP contribution in [0.15, 0.2) is 53.1 Å². The van der Waals surface area contributed by atoms with Gasteiger partial charge < -0.3 is 14.6 Å². The Bertz CT molecular complexity index is 889. The molecule has 0 bridgehead atoms. The third-order valence-corrected chi connectivity index (χ3v) is 3.98. The minimum atomic E-state index is -0.0776. The first kappa shape index (κ1) is 17.7. The van der Waals surface area contributed by atoms with Crippen LogP contribution in [0.2, 0.25) is 0 Å². The van der Waals surface area contributed by atoms with Crippen molar-refractivity contribution in [2.75, 3.05) is 7.11 Å². The lowest BCUT2D eigenvalue weighted by molar-refractivity contribution is -0.121. The van der Waals surface area contributed by atoms with Gasteiger partial charge >= 0.3 is 0 Å². The van der Waals surface area contributed by atoms with Crippen LogP contribution in [-0.2, 0) is 17.8 Å². The van der Waals surface area contributed by atoms with Crippen molar-refractivity contribution in [1.82, 2.24) is 15.5 Å². The molecule has 134 valence electrons. The monoisotopic (exact) mass is 351 g/mol. The number of nitrogens with one attached hydrogen (secondary N) is 1. The Hall–Kier alpha value is -3.15. The van der Waals surface area contributed by atoms with E-state index in [1.54, 1.807) is 7.11 Å². The number of amides is 1. The van der Waals surface area contributed by atoms with Gasteiger partial charge in [-0.15, -0.1) is 0 Å². The maximum Gasteiger partial charge on any atom is 0.227 e. The summed E-state index contributed by atoms with van der Waals surface area (Å²) in [4.78, 5) is 16.4. The van der Waals surface area contributed by atoms with Crippen LogP contribution in [-0.4, -0.2) is 23.2 Å². The molecule has 1 aromatic heterocycles. The van der Waals surface area contributed by atoms with Crippen molar-refractivity contribution in [3.05, 3.63) is 65.5 Å². The highest BCUT2D eigenvalue weighted by Crippen LogP contribution is 2.18. The van der Waals surface area contributed by atoms with Crippen molar-refractivity contribution < 1.29 is 14.1 Å². The average Bonchev–Trinajstić information content (AvgIpc) is 3.14. The predicted octanol–water partition coefficient (Wildman–Crippen LogP) is 3.30. The molecule has 0 radical (unpaired) electrons. The topological polar surface area (TPSA) is 77.2 Å². The van der Waals surface area contributed by atoms with Crippen molar-refractivity contribution in [3.8, 4) is 17.1 Å². The van der Waals surface area contributed by atoms with Gasteiger partial charge in [-0.05, 0) is 19.1 Å². The van der Waals surface area contributed by atoms with Crippen LogP contribution in [0.4, 0.5) is 0 Å². The SMILES string of the molecule is COc1ccccc1CNC(=O)CCc1nc(-c2cccc(C)c2)no1. The number of methoxy groups -OCH3 is 1. The first-order valence-corrected chi connectivity index (χ1v) is 8.44. The maximum atomic E-state index is 12.1. The number of rotatable bonds is 7. The van der Waals surface area contributed by atoms with E-state index in [1.807, 2.05) is 55.5 Å². The molecule has 2 aromatic carbocycles. The number of benzene rings is 2. The third-order valence-electron chi connectivity index (χ3n) is 3.98. The van der Waals surface area contributed by atoms with E-state index in [0.717, 1.165) is 22.4 Å². The summed E-state index contributed by atoms with van der Waals surface area (Å²) in [5.74, 6) is 1.67. The van der Waals surface area contributed by atoms with E-state index in [-0.39, 0.29) is 12.3 Å². The predicted molar refractivity (Wildman–Crippen MR) is 97.6 cm³/mol. The van der Waals surface area contributed by atoms with Gasteiger partial charge in [0.1, 0.15) is 5.75 Å². The first-order chi connectivity index (χ1) is 12.7. The quantitative estimate of drug-likeness (QED) is 0.707. The van der Waals surface area contributed by atoms with Crippen molar-refractivity contribution in [2.24, 2.45) is 0 Å². The number of hydrogen-bond donors (Lipinski definition) is 1. The van der Waals surface area contributed by atoms with Crippen LogP contribution in [0.1, 0.15) is 23.4 Å². The second-order valence-corrected chi connectivity index (χ2v) is 5.97. The summed E-state index contributed by atoms with van der Waals surface area (Å²) >= 11 is 0. The Morgan fingerprint density at radius 1 is 1.19 bits per heavy atom. The van der Waals surface area contributed by atoms with Gasteiger partial charge in [-0.3, -0.25) is 4.79 Å². The molecule has 0 saturated carbocycles. The van der Waals surface area contributed by atoms with E-state index in [0.29, 0.717) is 24.7 Å². The van der Waals surface area contributed by atoms with Crippen molar-refractivity contribution in [3.63, 3.8) is 0 Å². The number of nitrogens with zero attached hydrogens (tertiary/aromatic N) is 2. The van der Waals surface area contributed by atoms with Crippen LogP contribution >= 0.6 is 0 Å². The van der Waals surface area contributed by atoms with E-state index in [4.69, 9.17) is 9.26 Å². The standard InChI is InChI=1S/C20H21N3O3/c1-14-6-5-8-15(12-14)20-22-19(26-23-20)11-10-18(24)21-13-16-7-3-4-9-17(16)25-2/h3-9,12H,10-11,13H2,1-2H3,(H,21,24). The molecule has 0 fully saturated rings. The second-order valence-electron chi connectivity index (χ2n) is 5.97. The first-order valence-electron chi connectivity index (χ1n) is 8.44. The fourth-order valence-electron chi connectivity index (χ4n) is 2.61. The molecule has 26 heavy (non-hydrogen) atoms. The number of hydrogen-bond acceptors (Lipinski definition) is 5. The second kappa shape index (κ2) is 8.29. The average molecular weight is 351 g/mol. The van der Waals surface area contributed by atoms with E-state index in [9.17, 15) is 4.79 Å². The van der Waals surface area contributed by atoms with Gasteiger partial charge in [-0.2, -0.15) is 4.98 Å². The Labute approximate surface area is 152 Å². The number of para-hydroxylation sites is 1. The molecule has 0 aliphatic rings. The van der Waals surface area contributed by atoms with Crippen LogP contribution in [0.5, 0.6) is 5.75 Å². The highest BCUT2D eigenvalue weighted by molar-refractivity contribution is 5.76. The maximum absolute atomic E-state index is 12.1. The van der Waals surface area contributed by atoms with Crippen LogP contribution in [0.25, 0.3) is 11.4 Å². The van der Waals surface area contributed by atoms with Gasteiger partial charge in [-0.25, -0.2) is 0 Å². The highest BCUT2D eigenvalue weighted by atomic mass is 16.5. The molecule has 0 spiro atoms. The van der Waals surface area contributed by atoms with Crippen molar-refractivity contribution in [1.29, 1.82) is 0 Å². The molecule has 0 aliphatic carbocycles. The minimum absolute atomic E-state index is 0.0776. The summed E-state index contributed by atoms with van der Waals surface area (Å²) in [6.45, 7) is 2.43. The largest absolute Gasteiger partial charge is 0.496 e. The zero-order valence-electron chi connectivity index (χ0n) is 14.9. The summed E-state index contributed by atoms with van der Waals surface area (Å²) in [5.41, 5.74) is 2.97. The molecule has 6 heteroatoms. The van der Waals surface area contributed by atoms with E-state index < -0.39 is 0 Å². The van der Waals surface area contributed by atoms with Gasteiger partial charge in [0, 0.05) is 30.5 Å². The molecule has 0 saturated heterocycles. The number of ether oxygens (including phenoxy) is 1. The van der Waals surface area contributed by atoms with E-state index in [1.165, 1.54) is 0 Å². The third kappa shape index (κ3) is 4.47. The van der Waals surface area contributed by atoms with Gasteiger partial charge in [0.25, 0.3) is 0 Å². The molecule has 0 aliphatic heterocycles. The lowest BCUT2D eigenvalue weighted by atomic mass is 10.1. The fraction of sp³-hybridized carbons (Fsp3) is 0.250. The molecular formula is C20H21N3O3. The van der Waals surface area contributed by atoms with Crippen LogP contribution in [0, 0.1) is 6.92 Å². The Balaban J connectivity index is 1.52. The molecule has 1 N–H and O–H groups in total. The van der Waals surface area contributed by atoms with Gasteiger partial charge in [0.15, 0.2) is 0 Å². The summed E-state index contributed by atoms with van der Waals surface area (Å²) < 4.78 is 10.5. The molecule has 0 atom stereocenters. The molecule has 3 rings (SSSR count). The lowest BCUT2D eigenvalue weighted by Gasteiger charge is -2.09. The Kier molecular flexibility index (Phi) is 5.63. The number of carbonyl (C=O) groups excluding carboxylic acids is 1. The molecule has 6 nitrogen and oxygen atoms in total. The lowest BCUT2D eigenvalue weighted by Crippen LogP contribution is -2.23. The summed E-state index contributed by atoms with van der Waals surface area (Å²) in [6.07, 6.45) is 0.682.